The molecule has 0 radical (unpaired) electrons. The van der Waals surface area contributed by atoms with E-state index < -0.39 is 0 Å². The first kappa shape index (κ1) is 26.6. The van der Waals surface area contributed by atoms with Crippen LogP contribution >= 0.6 is 0 Å². The van der Waals surface area contributed by atoms with Gasteiger partial charge in [0.1, 0.15) is 17.0 Å². The highest BCUT2D eigenvalue weighted by molar-refractivity contribution is 6.16. The van der Waals surface area contributed by atoms with E-state index in [-0.39, 0.29) is 0 Å². The SMILES string of the molecule is c1ccc(-c2cc(-c3cccc(-n4c5ccccc5c5cc6cc7oc8ccccc8c7cc6cc54)n3)nc(-c3ccccc3)n2)cc1. The van der Waals surface area contributed by atoms with Gasteiger partial charge in [-0.1, -0.05) is 103 Å². The molecule has 10 rings (SSSR count). The van der Waals surface area contributed by atoms with Crippen LogP contribution in [-0.2, 0) is 0 Å². The summed E-state index contributed by atoms with van der Waals surface area (Å²) in [7, 11) is 0. The first-order valence-electron chi connectivity index (χ1n) is 16.0. The van der Waals surface area contributed by atoms with E-state index in [0.29, 0.717) is 5.82 Å². The fourth-order valence-electron chi connectivity index (χ4n) is 6.92. The fraction of sp³-hybridized carbons (Fsp3) is 0. The minimum absolute atomic E-state index is 0.667. The highest BCUT2D eigenvalue weighted by Gasteiger charge is 2.17. The Balaban J connectivity index is 1.19. The van der Waals surface area contributed by atoms with Gasteiger partial charge < -0.3 is 4.42 Å². The fourth-order valence-corrected chi connectivity index (χ4v) is 6.92. The monoisotopic (exact) mass is 614 g/mol. The molecular weight excluding hydrogens is 589 g/mol. The average Bonchev–Trinajstić information content (AvgIpc) is 3.68. The minimum atomic E-state index is 0.667. The van der Waals surface area contributed by atoms with Gasteiger partial charge in [0.05, 0.1) is 28.1 Å². The summed E-state index contributed by atoms with van der Waals surface area (Å²) in [4.78, 5) is 15.3. The first-order chi connectivity index (χ1) is 23.8. The van der Waals surface area contributed by atoms with E-state index in [1.54, 1.807) is 0 Å². The molecule has 48 heavy (non-hydrogen) atoms. The second-order valence-electron chi connectivity index (χ2n) is 12.1. The van der Waals surface area contributed by atoms with Gasteiger partial charge in [-0.3, -0.25) is 4.57 Å². The van der Waals surface area contributed by atoms with E-state index in [1.807, 2.05) is 72.8 Å². The molecule has 4 aromatic heterocycles. The standard InChI is InChI=1S/C43H26N4O/c1-3-12-27(13-4-1)36-26-37(46-43(45-36)28-14-5-2-6-15-28)35-18-11-21-42(44-35)47-38-19-9-7-16-31(38)33-22-30-25-41-34(23-29(30)24-39(33)47)32-17-8-10-20-40(32)48-41/h1-26H. The first-order valence-corrected chi connectivity index (χ1v) is 16.0. The number of pyridine rings is 1. The number of furan rings is 1. The van der Waals surface area contributed by atoms with Crippen LogP contribution in [0.4, 0.5) is 0 Å². The second kappa shape index (κ2) is 10.5. The molecule has 0 spiro atoms. The molecule has 5 nitrogen and oxygen atoms in total. The highest BCUT2D eigenvalue weighted by Crippen LogP contribution is 2.38. The lowest BCUT2D eigenvalue weighted by Gasteiger charge is -2.11. The normalized spacial score (nSPS) is 11.8. The zero-order chi connectivity index (χ0) is 31.6. The van der Waals surface area contributed by atoms with Crippen LogP contribution < -0.4 is 0 Å². The van der Waals surface area contributed by atoms with Crippen LogP contribution in [0.5, 0.6) is 0 Å². The summed E-state index contributed by atoms with van der Waals surface area (Å²) in [6.45, 7) is 0. The number of hydrogen-bond donors (Lipinski definition) is 0. The maximum atomic E-state index is 6.24. The summed E-state index contributed by atoms with van der Waals surface area (Å²) in [6.07, 6.45) is 0. The van der Waals surface area contributed by atoms with Crippen LogP contribution in [0.25, 0.3) is 94.4 Å². The summed E-state index contributed by atoms with van der Waals surface area (Å²) in [5, 5.41) is 6.87. The van der Waals surface area contributed by atoms with Crippen molar-refractivity contribution in [2.75, 3.05) is 0 Å². The van der Waals surface area contributed by atoms with Gasteiger partial charge in [-0.05, 0) is 65.4 Å². The largest absolute Gasteiger partial charge is 0.456 e. The average molecular weight is 615 g/mol. The van der Waals surface area contributed by atoms with E-state index >= 15 is 0 Å². The molecule has 6 aromatic carbocycles. The third kappa shape index (κ3) is 4.22. The van der Waals surface area contributed by atoms with Crippen LogP contribution in [0.3, 0.4) is 0 Å². The van der Waals surface area contributed by atoms with Crippen LogP contribution in [0.1, 0.15) is 0 Å². The lowest BCUT2D eigenvalue weighted by atomic mass is 10.0. The molecule has 0 unspecified atom stereocenters. The number of para-hydroxylation sites is 2. The molecule has 0 bridgehead atoms. The molecule has 0 saturated heterocycles. The number of aromatic nitrogens is 4. The van der Waals surface area contributed by atoms with Crippen molar-refractivity contribution in [3.8, 4) is 39.9 Å². The van der Waals surface area contributed by atoms with Gasteiger partial charge in [0, 0.05) is 32.7 Å². The maximum absolute atomic E-state index is 6.24. The minimum Gasteiger partial charge on any atom is -0.456 e. The van der Waals surface area contributed by atoms with Gasteiger partial charge in [-0.2, -0.15) is 0 Å². The number of fused-ring (bicyclic) bond motifs is 7. The molecule has 5 heteroatoms. The summed E-state index contributed by atoms with van der Waals surface area (Å²) in [5.74, 6) is 1.49. The van der Waals surface area contributed by atoms with E-state index in [1.165, 1.54) is 10.8 Å². The summed E-state index contributed by atoms with van der Waals surface area (Å²) in [6, 6.07) is 54.3. The zero-order valence-electron chi connectivity index (χ0n) is 25.7. The summed E-state index contributed by atoms with van der Waals surface area (Å²) in [5.41, 5.74) is 8.39. The highest BCUT2D eigenvalue weighted by atomic mass is 16.3. The van der Waals surface area contributed by atoms with Gasteiger partial charge in [0.15, 0.2) is 5.82 Å². The van der Waals surface area contributed by atoms with Crippen molar-refractivity contribution in [3.63, 3.8) is 0 Å². The van der Waals surface area contributed by atoms with Crippen molar-refractivity contribution in [1.29, 1.82) is 0 Å². The van der Waals surface area contributed by atoms with Gasteiger partial charge in [0.2, 0.25) is 0 Å². The van der Waals surface area contributed by atoms with Crippen molar-refractivity contribution in [2.24, 2.45) is 0 Å². The molecule has 224 valence electrons. The molecule has 0 N–H and O–H groups in total. The Bertz CT molecular complexity index is 2780. The zero-order valence-corrected chi connectivity index (χ0v) is 25.7. The number of hydrogen-bond acceptors (Lipinski definition) is 4. The predicted octanol–water partition coefficient (Wildman–Crippen LogP) is 11.0. The van der Waals surface area contributed by atoms with Gasteiger partial charge in [-0.15, -0.1) is 0 Å². The molecule has 0 aliphatic heterocycles. The van der Waals surface area contributed by atoms with Gasteiger partial charge in [0.25, 0.3) is 0 Å². The Labute approximate surface area is 275 Å². The summed E-state index contributed by atoms with van der Waals surface area (Å²) < 4.78 is 8.50. The Hall–Kier alpha value is -6.59. The Kier molecular flexibility index (Phi) is 5.81. The molecule has 0 fully saturated rings. The summed E-state index contributed by atoms with van der Waals surface area (Å²) >= 11 is 0. The topological polar surface area (TPSA) is 56.7 Å². The molecule has 4 heterocycles. The van der Waals surface area contributed by atoms with Crippen LogP contribution in [-0.4, -0.2) is 19.5 Å². The van der Waals surface area contributed by atoms with Crippen LogP contribution in [0.15, 0.2) is 162 Å². The van der Waals surface area contributed by atoms with E-state index in [4.69, 9.17) is 19.4 Å². The molecule has 0 aliphatic carbocycles. The second-order valence-corrected chi connectivity index (χ2v) is 12.1. The van der Waals surface area contributed by atoms with Crippen molar-refractivity contribution in [2.45, 2.75) is 0 Å². The van der Waals surface area contributed by atoms with Gasteiger partial charge >= 0.3 is 0 Å². The smallest absolute Gasteiger partial charge is 0.160 e. The molecule has 0 saturated carbocycles. The van der Waals surface area contributed by atoms with Crippen molar-refractivity contribution in [1.82, 2.24) is 19.5 Å². The number of rotatable bonds is 4. The van der Waals surface area contributed by atoms with Crippen molar-refractivity contribution < 1.29 is 4.42 Å². The van der Waals surface area contributed by atoms with Crippen LogP contribution in [0, 0.1) is 0 Å². The van der Waals surface area contributed by atoms with Crippen molar-refractivity contribution >= 4 is 54.5 Å². The lowest BCUT2D eigenvalue weighted by molar-refractivity contribution is 0.669. The molecule has 0 aliphatic rings. The third-order valence-corrected chi connectivity index (χ3v) is 9.18. The predicted molar refractivity (Wildman–Crippen MR) is 195 cm³/mol. The van der Waals surface area contributed by atoms with E-state index in [9.17, 15) is 0 Å². The van der Waals surface area contributed by atoms with E-state index in [2.05, 4.69) is 89.5 Å². The Morgan fingerprint density at radius 1 is 0.396 bits per heavy atom. The number of nitrogens with zero attached hydrogens (tertiary/aromatic N) is 4. The third-order valence-electron chi connectivity index (χ3n) is 9.18. The molecule has 10 aromatic rings. The molecular formula is C43H26N4O. The molecule has 0 amide bonds. The van der Waals surface area contributed by atoms with Crippen molar-refractivity contribution in [3.05, 3.63) is 158 Å². The maximum Gasteiger partial charge on any atom is 0.160 e. The quantitative estimate of drug-likeness (QED) is 0.198. The molecule has 0 atom stereocenters. The van der Waals surface area contributed by atoms with Crippen LogP contribution in [0.2, 0.25) is 0 Å². The Morgan fingerprint density at radius 2 is 1.08 bits per heavy atom. The Morgan fingerprint density at radius 3 is 1.94 bits per heavy atom. The number of benzene rings is 6. The lowest BCUT2D eigenvalue weighted by Crippen LogP contribution is -2.01. The van der Waals surface area contributed by atoms with Gasteiger partial charge in [-0.25, -0.2) is 15.0 Å². The van der Waals surface area contributed by atoms with E-state index in [0.717, 1.165) is 77.8 Å².